The first-order chi connectivity index (χ1) is 15.0. The summed E-state index contributed by atoms with van der Waals surface area (Å²) in [6, 6.07) is 15.4. The number of nitrogens with zero attached hydrogens (tertiary/aromatic N) is 4. The van der Waals surface area contributed by atoms with E-state index in [1.807, 2.05) is 55.6 Å². The number of hydrogen-bond acceptors (Lipinski definition) is 5. The molecule has 1 amide bonds. The van der Waals surface area contributed by atoms with E-state index < -0.39 is 0 Å². The van der Waals surface area contributed by atoms with Gasteiger partial charge in [-0.2, -0.15) is 4.98 Å². The van der Waals surface area contributed by atoms with Crippen molar-refractivity contribution in [3.05, 3.63) is 69.5 Å². The summed E-state index contributed by atoms with van der Waals surface area (Å²) in [4.78, 5) is 21.6. The van der Waals surface area contributed by atoms with Gasteiger partial charge in [-0.3, -0.25) is 9.69 Å². The summed E-state index contributed by atoms with van der Waals surface area (Å²) < 4.78 is 6.47. The molecule has 1 aromatic heterocycles. The molecule has 1 fully saturated rings. The third kappa shape index (κ3) is 5.73. The molecule has 1 atom stereocenters. The van der Waals surface area contributed by atoms with Crippen molar-refractivity contribution in [3.63, 3.8) is 0 Å². The van der Waals surface area contributed by atoms with E-state index in [0.717, 1.165) is 35.0 Å². The second kappa shape index (κ2) is 9.94. The van der Waals surface area contributed by atoms with Crippen LogP contribution in [0.5, 0.6) is 0 Å². The SMILES string of the molecule is CN(Cc1ccc(Cl)cc1)C(=O)C1CCCN(Cc2nc(-c3ccc(Br)cc3)no2)C1. The largest absolute Gasteiger partial charge is 0.341 e. The van der Waals surface area contributed by atoms with Gasteiger partial charge in [0, 0.05) is 35.2 Å². The van der Waals surface area contributed by atoms with Gasteiger partial charge in [0.05, 0.1) is 12.5 Å². The lowest BCUT2D eigenvalue weighted by atomic mass is 9.96. The molecule has 0 N–H and O–H groups in total. The Balaban J connectivity index is 1.34. The van der Waals surface area contributed by atoms with Crippen molar-refractivity contribution in [1.82, 2.24) is 19.9 Å². The second-order valence-electron chi connectivity index (χ2n) is 7.91. The van der Waals surface area contributed by atoms with E-state index in [4.69, 9.17) is 16.1 Å². The number of benzene rings is 2. The highest BCUT2D eigenvalue weighted by Gasteiger charge is 2.29. The second-order valence-corrected chi connectivity index (χ2v) is 9.27. The third-order valence-electron chi connectivity index (χ3n) is 5.49. The highest BCUT2D eigenvalue weighted by molar-refractivity contribution is 9.10. The van der Waals surface area contributed by atoms with Crippen LogP contribution in [0.25, 0.3) is 11.4 Å². The molecule has 1 saturated heterocycles. The minimum absolute atomic E-state index is 0.0279. The average molecular weight is 504 g/mol. The van der Waals surface area contributed by atoms with Gasteiger partial charge in [-0.15, -0.1) is 0 Å². The van der Waals surface area contributed by atoms with Crippen LogP contribution in [-0.4, -0.2) is 46.0 Å². The topological polar surface area (TPSA) is 62.5 Å². The molecule has 1 unspecified atom stereocenters. The van der Waals surface area contributed by atoms with E-state index >= 15 is 0 Å². The molecule has 1 aliphatic heterocycles. The van der Waals surface area contributed by atoms with Gasteiger partial charge in [0.2, 0.25) is 17.6 Å². The summed E-state index contributed by atoms with van der Waals surface area (Å²) in [6.07, 6.45) is 1.87. The number of aromatic nitrogens is 2. The molecule has 0 aliphatic carbocycles. The van der Waals surface area contributed by atoms with Crippen LogP contribution in [0.15, 0.2) is 57.5 Å². The number of carbonyl (C=O) groups excluding carboxylic acids is 1. The molecule has 6 nitrogen and oxygen atoms in total. The Morgan fingerprint density at radius 2 is 1.97 bits per heavy atom. The molecular weight excluding hydrogens is 480 g/mol. The molecule has 3 aromatic rings. The van der Waals surface area contributed by atoms with Gasteiger partial charge in [0.25, 0.3) is 0 Å². The van der Waals surface area contributed by atoms with Crippen LogP contribution < -0.4 is 0 Å². The molecule has 0 saturated carbocycles. The molecule has 2 aromatic carbocycles. The Hall–Kier alpha value is -2.22. The van der Waals surface area contributed by atoms with E-state index in [2.05, 4.69) is 31.0 Å². The predicted molar refractivity (Wildman–Crippen MR) is 123 cm³/mol. The smallest absolute Gasteiger partial charge is 0.241 e. The van der Waals surface area contributed by atoms with Gasteiger partial charge in [-0.05, 0) is 61.3 Å². The zero-order valence-electron chi connectivity index (χ0n) is 17.3. The lowest BCUT2D eigenvalue weighted by Crippen LogP contribution is -2.43. The Morgan fingerprint density at radius 3 is 2.71 bits per heavy atom. The van der Waals surface area contributed by atoms with Gasteiger partial charge in [0.15, 0.2) is 0 Å². The van der Waals surface area contributed by atoms with Gasteiger partial charge >= 0.3 is 0 Å². The first-order valence-electron chi connectivity index (χ1n) is 10.3. The van der Waals surface area contributed by atoms with Gasteiger partial charge < -0.3 is 9.42 Å². The van der Waals surface area contributed by atoms with Crippen molar-refractivity contribution >= 4 is 33.4 Å². The average Bonchev–Trinajstić information content (AvgIpc) is 3.24. The summed E-state index contributed by atoms with van der Waals surface area (Å²) in [5, 5.41) is 4.80. The summed E-state index contributed by atoms with van der Waals surface area (Å²) in [5.74, 6) is 1.29. The zero-order valence-corrected chi connectivity index (χ0v) is 19.6. The van der Waals surface area contributed by atoms with E-state index in [1.54, 1.807) is 4.90 Å². The fourth-order valence-corrected chi connectivity index (χ4v) is 4.27. The van der Waals surface area contributed by atoms with E-state index in [9.17, 15) is 4.79 Å². The van der Waals surface area contributed by atoms with Gasteiger partial charge in [-0.25, -0.2) is 0 Å². The molecule has 162 valence electrons. The van der Waals surface area contributed by atoms with Crippen molar-refractivity contribution in [2.75, 3.05) is 20.1 Å². The number of amides is 1. The normalized spacial score (nSPS) is 16.9. The number of hydrogen-bond donors (Lipinski definition) is 0. The summed E-state index contributed by atoms with van der Waals surface area (Å²) >= 11 is 9.38. The standard InChI is InChI=1S/C23H24BrClN4O2/c1-28(13-16-4-10-20(25)11-5-16)23(30)18-3-2-12-29(14-18)15-21-26-22(27-31-21)17-6-8-19(24)9-7-17/h4-11,18H,2-3,12-15H2,1H3. The van der Waals surface area contributed by atoms with Gasteiger partial charge in [-0.1, -0.05) is 44.8 Å². The molecule has 1 aliphatic rings. The Morgan fingerprint density at radius 1 is 1.23 bits per heavy atom. The monoisotopic (exact) mass is 502 g/mol. The fraction of sp³-hybridized carbons (Fsp3) is 0.348. The lowest BCUT2D eigenvalue weighted by Gasteiger charge is -2.33. The molecule has 0 bridgehead atoms. The van der Waals surface area contributed by atoms with Crippen LogP contribution in [0.3, 0.4) is 0 Å². The van der Waals surface area contributed by atoms with Crippen LogP contribution in [0.2, 0.25) is 5.02 Å². The Bertz CT molecular complexity index is 1020. The van der Waals surface area contributed by atoms with Crippen molar-refractivity contribution in [2.24, 2.45) is 5.92 Å². The van der Waals surface area contributed by atoms with Crippen molar-refractivity contribution in [3.8, 4) is 11.4 Å². The summed E-state index contributed by atoms with van der Waals surface area (Å²) in [5.41, 5.74) is 1.98. The molecule has 31 heavy (non-hydrogen) atoms. The highest BCUT2D eigenvalue weighted by atomic mass is 79.9. The maximum absolute atomic E-state index is 13.0. The van der Waals surface area contributed by atoms with Crippen LogP contribution >= 0.6 is 27.5 Å². The van der Waals surface area contributed by atoms with Crippen LogP contribution in [0.1, 0.15) is 24.3 Å². The van der Waals surface area contributed by atoms with Crippen LogP contribution in [0, 0.1) is 5.92 Å². The van der Waals surface area contributed by atoms with E-state index in [-0.39, 0.29) is 11.8 Å². The molecule has 4 rings (SSSR count). The van der Waals surface area contributed by atoms with Crippen LogP contribution in [0.4, 0.5) is 0 Å². The highest BCUT2D eigenvalue weighted by Crippen LogP contribution is 2.23. The Labute approximate surface area is 195 Å². The minimum Gasteiger partial charge on any atom is -0.341 e. The Kier molecular flexibility index (Phi) is 7.05. The number of piperidine rings is 1. The predicted octanol–water partition coefficient (Wildman–Crippen LogP) is 5.02. The number of carbonyl (C=O) groups is 1. The van der Waals surface area contributed by atoms with E-state index in [1.165, 1.54) is 0 Å². The van der Waals surface area contributed by atoms with Crippen molar-refractivity contribution in [1.29, 1.82) is 0 Å². The molecular formula is C23H24BrClN4O2. The molecule has 8 heteroatoms. The number of rotatable bonds is 6. The summed E-state index contributed by atoms with van der Waals surface area (Å²) in [6.45, 7) is 2.74. The zero-order chi connectivity index (χ0) is 21.8. The number of halogens is 2. The molecule has 0 radical (unpaired) electrons. The maximum Gasteiger partial charge on any atom is 0.241 e. The van der Waals surface area contributed by atoms with Crippen molar-refractivity contribution < 1.29 is 9.32 Å². The fourth-order valence-electron chi connectivity index (χ4n) is 3.88. The van der Waals surface area contributed by atoms with Crippen LogP contribution in [-0.2, 0) is 17.9 Å². The lowest BCUT2D eigenvalue weighted by molar-refractivity contribution is -0.136. The maximum atomic E-state index is 13.0. The molecule has 2 heterocycles. The van der Waals surface area contributed by atoms with Crippen molar-refractivity contribution in [2.45, 2.75) is 25.9 Å². The summed E-state index contributed by atoms with van der Waals surface area (Å²) in [7, 11) is 1.86. The van der Waals surface area contributed by atoms with E-state index in [0.29, 0.717) is 36.4 Å². The third-order valence-corrected chi connectivity index (χ3v) is 6.27. The minimum atomic E-state index is -0.0279. The quantitative estimate of drug-likeness (QED) is 0.472. The number of likely N-dealkylation sites (tertiary alicyclic amines) is 1. The first-order valence-corrected chi connectivity index (χ1v) is 11.5. The van der Waals surface area contributed by atoms with Gasteiger partial charge in [0.1, 0.15) is 0 Å². The first kappa shape index (κ1) is 22.0. The molecule has 0 spiro atoms.